The molecule has 1 atom stereocenters. The molecule has 0 aliphatic rings. The van der Waals surface area contributed by atoms with Crippen molar-refractivity contribution < 1.29 is 4.39 Å². The molecule has 1 unspecified atom stereocenters. The summed E-state index contributed by atoms with van der Waals surface area (Å²) in [5.74, 6) is 5.37. The monoisotopic (exact) mass is 163 g/mol. The summed E-state index contributed by atoms with van der Waals surface area (Å²) < 4.78 is 12.4. The SMILES string of the molecule is CC(N)C#Cc1ccc(F)cc1. The predicted octanol–water partition coefficient (Wildman–Crippen LogP) is 1.52. The highest BCUT2D eigenvalue weighted by Gasteiger charge is 1.88. The van der Waals surface area contributed by atoms with Crippen molar-refractivity contribution in [3.8, 4) is 11.8 Å². The van der Waals surface area contributed by atoms with Crippen LogP contribution in [-0.4, -0.2) is 6.04 Å². The molecule has 2 N–H and O–H groups in total. The van der Waals surface area contributed by atoms with Crippen molar-refractivity contribution in [2.75, 3.05) is 0 Å². The van der Waals surface area contributed by atoms with E-state index < -0.39 is 0 Å². The van der Waals surface area contributed by atoms with Gasteiger partial charge in [-0.2, -0.15) is 0 Å². The minimum absolute atomic E-state index is 0.143. The van der Waals surface area contributed by atoms with Crippen LogP contribution in [0, 0.1) is 17.7 Å². The van der Waals surface area contributed by atoms with Crippen LogP contribution in [0.5, 0.6) is 0 Å². The van der Waals surface area contributed by atoms with Gasteiger partial charge in [0, 0.05) is 5.56 Å². The van der Waals surface area contributed by atoms with E-state index in [4.69, 9.17) is 5.73 Å². The lowest BCUT2D eigenvalue weighted by Gasteiger charge is -1.91. The van der Waals surface area contributed by atoms with Crippen LogP contribution >= 0.6 is 0 Å². The molecule has 1 nitrogen and oxygen atoms in total. The Balaban J connectivity index is 2.79. The first-order valence-corrected chi connectivity index (χ1v) is 3.71. The molecule has 0 heterocycles. The molecule has 0 spiro atoms. The quantitative estimate of drug-likeness (QED) is 0.576. The largest absolute Gasteiger partial charge is 0.318 e. The minimum Gasteiger partial charge on any atom is -0.318 e. The maximum absolute atomic E-state index is 12.4. The first-order chi connectivity index (χ1) is 5.68. The molecular weight excluding hydrogens is 153 g/mol. The van der Waals surface area contributed by atoms with Crippen LogP contribution < -0.4 is 5.73 Å². The average molecular weight is 163 g/mol. The van der Waals surface area contributed by atoms with Gasteiger partial charge < -0.3 is 5.73 Å². The van der Waals surface area contributed by atoms with E-state index in [2.05, 4.69) is 11.8 Å². The van der Waals surface area contributed by atoms with Crippen LogP contribution in [0.2, 0.25) is 0 Å². The van der Waals surface area contributed by atoms with Crippen LogP contribution in [0.3, 0.4) is 0 Å². The summed E-state index contributed by atoms with van der Waals surface area (Å²) in [6.07, 6.45) is 0. The minimum atomic E-state index is -0.249. The second-order valence-electron chi connectivity index (χ2n) is 2.56. The predicted molar refractivity (Wildman–Crippen MR) is 46.9 cm³/mol. The highest BCUT2D eigenvalue weighted by molar-refractivity contribution is 5.34. The molecule has 1 aromatic rings. The number of hydrogen-bond acceptors (Lipinski definition) is 1. The van der Waals surface area contributed by atoms with Gasteiger partial charge in [0.15, 0.2) is 0 Å². The molecule has 1 rings (SSSR count). The van der Waals surface area contributed by atoms with Gasteiger partial charge in [0.2, 0.25) is 0 Å². The molecule has 0 aliphatic heterocycles. The zero-order valence-electron chi connectivity index (χ0n) is 6.84. The van der Waals surface area contributed by atoms with Gasteiger partial charge in [0.25, 0.3) is 0 Å². The molecule has 0 aliphatic carbocycles. The number of hydrogen-bond donors (Lipinski definition) is 1. The lowest BCUT2D eigenvalue weighted by molar-refractivity contribution is 0.627. The van der Waals surface area contributed by atoms with Crippen molar-refractivity contribution >= 4 is 0 Å². The van der Waals surface area contributed by atoms with E-state index in [9.17, 15) is 4.39 Å². The zero-order chi connectivity index (χ0) is 8.97. The van der Waals surface area contributed by atoms with Crippen LogP contribution in [0.15, 0.2) is 24.3 Å². The van der Waals surface area contributed by atoms with Crippen LogP contribution in [0.4, 0.5) is 4.39 Å². The van der Waals surface area contributed by atoms with Crippen molar-refractivity contribution in [2.45, 2.75) is 13.0 Å². The van der Waals surface area contributed by atoms with Gasteiger partial charge in [-0.25, -0.2) is 4.39 Å². The first-order valence-electron chi connectivity index (χ1n) is 3.71. The summed E-state index contributed by atoms with van der Waals surface area (Å²) in [6, 6.07) is 5.88. The summed E-state index contributed by atoms with van der Waals surface area (Å²) in [5, 5.41) is 0. The second kappa shape index (κ2) is 3.89. The van der Waals surface area contributed by atoms with Gasteiger partial charge >= 0.3 is 0 Å². The number of halogens is 1. The van der Waals surface area contributed by atoms with Gasteiger partial charge in [-0.05, 0) is 31.2 Å². The molecule has 0 bridgehead atoms. The van der Waals surface area contributed by atoms with Crippen LogP contribution in [0.25, 0.3) is 0 Å². The Labute approximate surface area is 71.4 Å². The van der Waals surface area contributed by atoms with Gasteiger partial charge in [-0.3, -0.25) is 0 Å². The smallest absolute Gasteiger partial charge is 0.123 e. The Morgan fingerprint density at radius 3 is 2.42 bits per heavy atom. The van der Waals surface area contributed by atoms with E-state index in [0.717, 1.165) is 5.56 Å². The lowest BCUT2D eigenvalue weighted by atomic mass is 10.2. The average Bonchev–Trinajstić information content (AvgIpc) is 2.03. The fraction of sp³-hybridized carbons (Fsp3) is 0.200. The van der Waals surface area contributed by atoms with Gasteiger partial charge in [0.1, 0.15) is 5.82 Å². The van der Waals surface area contributed by atoms with Crippen LogP contribution in [0.1, 0.15) is 12.5 Å². The third kappa shape index (κ3) is 2.73. The van der Waals surface area contributed by atoms with Crippen molar-refractivity contribution in [3.63, 3.8) is 0 Å². The third-order valence-electron chi connectivity index (χ3n) is 1.29. The van der Waals surface area contributed by atoms with Gasteiger partial charge in [-0.15, -0.1) is 0 Å². The van der Waals surface area contributed by atoms with Crippen molar-refractivity contribution in [2.24, 2.45) is 5.73 Å². The molecule has 0 aromatic heterocycles. The van der Waals surface area contributed by atoms with E-state index in [1.165, 1.54) is 12.1 Å². The first kappa shape index (κ1) is 8.76. The van der Waals surface area contributed by atoms with E-state index in [0.29, 0.717) is 0 Å². The normalized spacial score (nSPS) is 11.6. The summed E-state index contributed by atoms with van der Waals surface area (Å²) in [7, 11) is 0. The summed E-state index contributed by atoms with van der Waals surface area (Å²) >= 11 is 0. The van der Waals surface area contributed by atoms with Crippen LogP contribution in [-0.2, 0) is 0 Å². The molecule has 0 fully saturated rings. The molecule has 12 heavy (non-hydrogen) atoms. The van der Waals surface area contributed by atoms with E-state index in [-0.39, 0.29) is 11.9 Å². The van der Waals surface area contributed by atoms with E-state index in [1.54, 1.807) is 19.1 Å². The Morgan fingerprint density at radius 1 is 1.33 bits per heavy atom. The summed E-state index contributed by atoms with van der Waals surface area (Å²) in [5.41, 5.74) is 6.21. The summed E-state index contributed by atoms with van der Waals surface area (Å²) in [4.78, 5) is 0. The fourth-order valence-corrected chi connectivity index (χ4v) is 0.730. The molecule has 0 radical (unpaired) electrons. The standard InChI is InChI=1S/C10H10FN/c1-8(12)2-3-9-4-6-10(11)7-5-9/h4-8H,12H2,1H3. The molecule has 2 heteroatoms. The maximum Gasteiger partial charge on any atom is 0.123 e. The van der Waals surface area contributed by atoms with Crippen molar-refractivity contribution in [1.29, 1.82) is 0 Å². The lowest BCUT2D eigenvalue weighted by Crippen LogP contribution is -2.10. The van der Waals surface area contributed by atoms with E-state index >= 15 is 0 Å². The molecule has 1 aromatic carbocycles. The summed E-state index contributed by atoms with van der Waals surface area (Å²) in [6.45, 7) is 1.80. The number of benzene rings is 1. The van der Waals surface area contributed by atoms with Crippen molar-refractivity contribution in [1.82, 2.24) is 0 Å². The van der Waals surface area contributed by atoms with Crippen molar-refractivity contribution in [3.05, 3.63) is 35.6 Å². The van der Waals surface area contributed by atoms with Gasteiger partial charge in [0.05, 0.1) is 6.04 Å². The molecular formula is C10H10FN. The Kier molecular flexibility index (Phi) is 2.84. The third-order valence-corrected chi connectivity index (χ3v) is 1.29. The molecule has 0 saturated carbocycles. The van der Waals surface area contributed by atoms with Gasteiger partial charge in [-0.1, -0.05) is 11.8 Å². The Hall–Kier alpha value is -1.33. The number of nitrogens with two attached hydrogens (primary N) is 1. The van der Waals surface area contributed by atoms with E-state index in [1.807, 2.05) is 0 Å². The Morgan fingerprint density at radius 2 is 1.92 bits per heavy atom. The Bertz CT molecular complexity index is 303. The second-order valence-corrected chi connectivity index (χ2v) is 2.56. The molecule has 0 saturated heterocycles. The highest BCUT2D eigenvalue weighted by Crippen LogP contribution is 2.00. The molecule has 0 amide bonds. The number of rotatable bonds is 0. The molecule has 62 valence electrons. The highest BCUT2D eigenvalue weighted by atomic mass is 19.1. The fourth-order valence-electron chi connectivity index (χ4n) is 0.730. The maximum atomic E-state index is 12.4. The zero-order valence-corrected chi connectivity index (χ0v) is 6.84. The topological polar surface area (TPSA) is 26.0 Å².